The van der Waals surface area contributed by atoms with Crippen LogP contribution in [0.2, 0.25) is 0 Å². The van der Waals surface area contributed by atoms with E-state index in [-0.39, 0.29) is 23.1 Å². The topological polar surface area (TPSA) is 40.6 Å². The smallest absolute Gasteiger partial charge is 0.229 e. The molecular formula is C20H19BrN2O2S. The number of benzene rings is 2. The fourth-order valence-corrected chi connectivity index (χ4v) is 5.09. The molecule has 134 valence electrons. The molecule has 0 aromatic heterocycles. The maximum Gasteiger partial charge on any atom is 0.229 e. The fourth-order valence-electron chi connectivity index (χ4n) is 3.56. The number of thioether (sulfide) groups is 1. The van der Waals surface area contributed by atoms with Gasteiger partial charge < -0.3 is 9.80 Å². The van der Waals surface area contributed by atoms with Gasteiger partial charge in [0.05, 0.1) is 5.92 Å². The van der Waals surface area contributed by atoms with E-state index in [1.54, 1.807) is 16.7 Å². The summed E-state index contributed by atoms with van der Waals surface area (Å²) in [5.74, 6) is 0.783. The van der Waals surface area contributed by atoms with E-state index in [0.29, 0.717) is 13.0 Å². The molecule has 0 aliphatic carbocycles. The van der Waals surface area contributed by atoms with E-state index in [0.717, 1.165) is 28.0 Å². The largest absolute Gasteiger partial charge is 0.325 e. The molecule has 0 spiro atoms. The number of hydrogen-bond acceptors (Lipinski definition) is 3. The number of carbonyl (C=O) groups is 2. The lowest BCUT2D eigenvalue weighted by atomic mass is 10.1. The van der Waals surface area contributed by atoms with Crippen LogP contribution in [-0.4, -0.2) is 35.6 Å². The van der Waals surface area contributed by atoms with Crippen molar-refractivity contribution in [2.45, 2.75) is 11.8 Å². The van der Waals surface area contributed by atoms with Gasteiger partial charge in [-0.05, 0) is 29.8 Å². The zero-order chi connectivity index (χ0) is 18.1. The molecule has 2 aromatic carbocycles. The van der Waals surface area contributed by atoms with Gasteiger partial charge in [-0.15, -0.1) is 11.8 Å². The highest BCUT2D eigenvalue weighted by Gasteiger charge is 2.40. The van der Waals surface area contributed by atoms with Crippen molar-refractivity contribution >= 4 is 45.2 Å². The molecule has 2 saturated heterocycles. The molecule has 4 nitrogen and oxygen atoms in total. The summed E-state index contributed by atoms with van der Waals surface area (Å²) >= 11 is 5.24. The number of hydrogen-bond donors (Lipinski definition) is 0. The van der Waals surface area contributed by atoms with Crippen LogP contribution in [-0.2, 0) is 9.59 Å². The first kappa shape index (κ1) is 17.6. The molecular weight excluding hydrogens is 412 g/mol. The van der Waals surface area contributed by atoms with Crippen molar-refractivity contribution in [1.82, 2.24) is 4.90 Å². The Labute approximate surface area is 165 Å². The van der Waals surface area contributed by atoms with E-state index in [4.69, 9.17) is 0 Å². The number of para-hydroxylation sites is 1. The molecule has 2 atom stereocenters. The Kier molecular flexibility index (Phi) is 5.05. The molecule has 2 unspecified atom stereocenters. The number of carbonyl (C=O) groups excluding carboxylic acids is 2. The fraction of sp³-hybridized carbons (Fsp3) is 0.300. The number of nitrogens with zero attached hydrogens (tertiary/aromatic N) is 2. The predicted octanol–water partition coefficient (Wildman–Crippen LogP) is 4.08. The maximum atomic E-state index is 13.1. The Bertz CT molecular complexity index is 812. The average molecular weight is 431 g/mol. The minimum Gasteiger partial charge on any atom is -0.325 e. The van der Waals surface area contributed by atoms with E-state index in [1.165, 1.54) is 0 Å². The molecule has 2 aliphatic rings. The SMILES string of the molecule is O=C1CC(C(=O)N2CCSC2c2ccc(Br)cc2)CN1c1ccccc1. The van der Waals surface area contributed by atoms with Gasteiger partial charge in [0.2, 0.25) is 11.8 Å². The Hall–Kier alpha value is -1.79. The van der Waals surface area contributed by atoms with Gasteiger partial charge in [-0.1, -0.05) is 46.3 Å². The van der Waals surface area contributed by atoms with Crippen LogP contribution in [0.5, 0.6) is 0 Å². The molecule has 26 heavy (non-hydrogen) atoms. The standard InChI is InChI=1S/C20H19BrN2O2S/c21-16-8-6-14(7-9-16)20-22(10-11-26-20)19(25)15-12-18(24)23(13-15)17-4-2-1-3-5-17/h1-9,15,20H,10-13H2. The summed E-state index contributed by atoms with van der Waals surface area (Å²) in [6.07, 6.45) is 0.294. The highest BCUT2D eigenvalue weighted by molar-refractivity contribution is 9.10. The van der Waals surface area contributed by atoms with Crippen LogP contribution in [0, 0.1) is 5.92 Å². The van der Waals surface area contributed by atoms with E-state index >= 15 is 0 Å². The van der Waals surface area contributed by atoms with Crippen molar-refractivity contribution in [1.29, 1.82) is 0 Å². The number of amides is 2. The van der Waals surface area contributed by atoms with Crippen LogP contribution < -0.4 is 4.90 Å². The normalized spacial score (nSPS) is 22.9. The lowest BCUT2D eigenvalue weighted by molar-refractivity contribution is -0.136. The number of halogens is 1. The Morgan fingerprint density at radius 1 is 1.08 bits per heavy atom. The summed E-state index contributed by atoms with van der Waals surface area (Å²) in [5, 5.41) is 0.0384. The monoisotopic (exact) mass is 430 g/mol. The van der Waals surface area contributed by atoms with Gasteiger partial charge in [0.15, 0.2) is 0 Å². The molecule has 2 fully saturated rings. The van der Waals surface area contributed by atoms with Gasteiger partial charge in [-0.25, -0.2) is 0 Å². The Morgan fingerprint density at radius 3 is 2.54 bits per heavy atom. The molecule has 2 aromatic rings. The van der Waals surface area contributed by atoms with Gasteiger partial charge in [0, 0.05) is 35.4 Å². The van der Waals surface area contributed by atoms with Crippen LogP contribution in [0.1, 0.15) is 17.4 Å². The molecule has 6 heteroatoms. The van der Waals surface area contributed by atoms with Crippen molar-refractivity contribution in [3.63, 3.8) is 0 Å². The Morgan fingerprint density at radius 2 is 1.81 bits per heavy atom. The van der Waals surface area contributed by atoms with Crippen LogP contribution in [0.4, 0.5) is 5.69 Å². The molecule has 0 N–H and O–H groups in total. The molecule has 2 aliphatic heterocycles. The van der Waals surface area contributed by atoms with Crippen LogP contribution in [0.25, 0.3) is 0 Å². The maximum absolute atomic E-state index is 13.1. The highest BCUT2D eigenvalue weighted by atomic mass is 79.9. The quantitative estimate of drug-likeness (QED) is 0.736. The second-order valence-electron chi connectivity index (χ2n) is 6.55. The van der Waals surface area contributed by atoms with Crippen LogP contribution >= 0.6 is 27.7 Å². The number of anilines is 1. The summed E-state index contributed by atoms with van der Waals surface area (Å²) in [7, 11) is 0. The minimum atomic E-state index is -0.264. The van der Waals surface area contributed by atoms with E-state index in [9.17, 15) is 9.59 Å². The van der Waals surface area contributed by atoms with Crippen molar-refractivity contribution in [3.05, 3.63) is 64.6 Å². The summed E-state index contributed by atoms with van der Waals surface area (Å²) in [6.45, 7) is 1.20. The van der Waals surface area contributed by atoms with E-state index < -0.39 is 0 Å². The molecule has 4 rings (SSSR count). The van der Waals surface area contributed by atoms with Crippen molar-refractivity contribution in [2.75, 3.05) is 23.7 Å². The third-order valence-electron chi connectivity index (χ3n) is 4.87. The zero-order valence-corrected chi connectivity index (χ0v) is 16.6. The lowest BCUT2D eigenvalue weighted by Crippen LogP contribution is -2.37. The van der Waals surface area contributed by atoms with Gasteiger partial charge in [-0.3, -0.25) is 9.59 Å². The highest BCUT2D eigenvalue weighted by Crippen LogP contribution is 2.40. The van der Waals surface area contributed by atoms with E-state index in [1.807, 2.05) is 47.4 Å². The first-order chi connectivity index (χ1) is 12.6. The zero-order valence-electron chi connectivity index (χ0n) is 14.2. The molecule has 0 bridgehead atoms. The first-order valence-corrected chi connectivity index (χ1v) is 10.5. The molecule has 2 amide bonds. The summed E-state index contributed by atoms with van der Waals surface area (Å²) < 4.78 is 1.03. The van der Waals surface area contributed by atoms with Gasteiger partial charge in [0.25, 0.3) is 0 Å². The summed E-state index contributed by atoms with van der Waals surface area (Å²) in [6, 6.07) is 17.7. The number of rotatable bonds is 3. The van der Waals surface area contributed by atoms with Gasteiger partial charge >= 0.3 is 0 Å². The summed E-state index contributed by atoms with van der Waals surface area (Å²) in [4.78, 5) is 29.3. The first-order valence-electron chi connectivity index (χ1n) is 8.66. The van der Waals surface area contributed by atoms with Crippen LogP contribution in [0.15, 0.2) is 59.1 Å². The van der Waals surface area contributed by atoms with Crippen molar-refractivity contribution in [3.8, 4) is 0 Å². The lowest BCUT2D eigenvalue weighted by Gasteiger charge is -2.27. The second-order valence-corrected chi connectivity index (χ2v) is 8.65. The molecule has 2 heterocycles. The third kappa shape index (κ3) is 3.40. The van der Waals surface area contributed by atoms with Gasteiger partial charge in [-0.2, -0.15) is 0 Å². The predicted molar refractivity (Wildman–Crippen MR) is 108 cm³/mol. The van der Waals surface area contributed by atoms with E-state index in [2.05, 4.69) is 28.1 Å². The Balaban J connectivity index is 1.50. The second kappa shape index (κ2) is 7.45. The van der Waals surface area contributed by atoms with Crippen molar-refractivity contribution < 1.29 is 9.59 Å². The minimum absolute atomic E-state index is 0.0293. The van der Waals surface area contributed by atoms with Crippen molar-refractivity contribution in [2.24, 2.45) is 5.92 Å². The van der Waals surface area contributed by atoms with Crippen LogP contribution in [0.3, 0.4) is 0 Å². The summed E-state index contributed by atoms with van der Waals surface area (Å²) in [5.41, 5.74) is 2.00. The average Bonchev–Trinajstić information content (AvgIpc) is 3.29. The molecule has 0 saturated carbocycles. The third-order valence-corrected chi connectivity index (χ3v) is 6.66. The van der Waals surface area contributed by atoms with Gasteiger partial charge in [0.1, 0.15) is 5.37 Å². The molecule has 0 radical (unpaired) electrons.